The Balaban J connectivity index is 1.98. The molecule has 2 heterocycles. The predicted octanol–water partition coefficient (Wildman–Crippen LogP) is 3.27. The maximum absolute atomic E-state index is 13.0. The lowest BCUT2D eigenvalue weighted by Gasteiger charge is -2.28. The summed E-state index contributed by atoms with van der Waals surface area (Å²) in [5.74, 6) is -0.00583. The van der Waals surface area contributed by atoms with Gasteiger partial charge in [0.2, 0.25) is 0 Å². The van der Waals surface area contributed by atoms with Crippen LogP contribution in [0, 0.1) is 6.92 Å². The topological polar surface area (TPSA) is 96.3 Å². The Bertz CT molecular complexity index is 934. The van der Waals surface area contributed by atoms with E-state index in [0.717, 1.165) is 12.1 Å². The lowest BCUT2D eigenvalue weighted by atomic mass is 9.93. The van der Waals surface area contributed by atoms with Crippen LogP contribution in [0.25, 0.3) is 0 Å². The molecular formula is C17H15F3N4O3. The molecule has 0 unspecified atom stereocenters. The number of halogens is 3. The molecule has 27 heavy (non-hydrogen) atoms. The molecule has 3 N–H and O–H groups in total. The maximum atomic E-state index is 13.0. The molecule has 0 saturated carbocycles. The van der Waals surface area contributed by atoms with Crippen molar-refractivity contribution in [1.82, 2.24) is 15.8 Å². The van der Waals surface area contributed by atoms with E-state index in [0.29, 0.717) is 5.76 Å². The van der Waals surface area contributed by atoms with Gasteiger partial charge < -0.3 is 20.5 Å². The minimum atomic E-state index is -4.55. The van der Waals surface area contributed by atoms with Gasteiger partial charge in [0.25, 0.3) is 5.91 Å². The van der Waals surface area contributed by atoms with E-state index in [4.69, 9.17) is 4.52 Å². The Morgan fingerprint density at radius 2 is 2.00 bits per heavy atom. The van der Waals surface area contributed by atoms with E-state index in [1.54, 1.807) is 6.92 Å². The van der Waals surface area contributed by atoms with Gasteiger partial charge in [-0.25, -0.2) is 4.79 Å². The number of nitrogens with one attached hydrogen (secondary N) is 3. The molecule has 0 bridgehead atoms. The fraction of sp³-hybridized carbons (Fsp3) is 0.235. The van der Waals surface area contributed by atoms with Crippen LogP contribution in [-0.2, 0) is 11.0 Å². The highest BCUT2D eigenvalue weighted by atomic mass is 19.4. The van der Waals surface area contributed by atoms with Crippen LogP contribution >= 0.6 is 0 Å². The first-order valence-electron chi connectivity index (χ1n) is 7.85. The number of alkyl halides is 3. The second-order valence-corrected chi connectivity index (χ2v) is 5.97. The summed E-state index contributed by atoms with van der Waals surface area (Å²) in [6.07, 6.45) is -4.55. The number of urea groups is 1. The average molecular weight is 380 g/mol. The van der Waals surface area contributed by atoms with Crippen LogP contribution in [0.3, 0.4) is 0 Å². The van der Waals surface area contributed by atoms with Crippen molar-refractivity contribution in [3.8, 4) is 0 Å². The summed E-state index contributed by atoms with van der Waals surface area (Å²) in [6, 6.07) is 4.25. The summed E-state index contributed by atoms with van der Waals surface area (Å²) in [7, 11) is 0. The monoisotopic (exact) mass is 380 g/mol. The van der Waals surface area contributed by atoms with Crippen LogP contribution in [0.5, 0.6) is 0 Å². The van der Waals surface area contributed by atoms with Gasteiger partial charge in [-0.15, -0.1) is 0 Å². The van der Waals surface area contributed by atoms with Crippen molar-refractivity contribution in [2.24, 2.45) is 0 Å². The summed E-state index contributed by atoms with van der Waals surface area (Å²) in [5.41, 5.74) is -0.466. The summed E-state index contributed by atoms with van der Waals surface area (Å²) in [6.45, 7) is 3.13. The van der Waals surface area contributed by atoms with E-state index in [1.807, 2.05) is 0 Å². The minimum Gasteiger partial charge on any atom is -0.360 e. The minimum absolute atomic E-state index is 0.0644. The quantitative estimate of drug-likeness (QED) is 0.762. The maximum Gasteiger partial charge on any atom is 0.416 e. The number of anilines is 1. The first-order valence-corrected chi connectivity index (χ1v) is 7.85. The third kappa shape index (κ3) is 3.94. The molecule has 0 aliphatic carbocycles. The number of hydrogen-bond donors (Lipinski definition) is 3. The molecule has 7 nitrogen and oxygen atoms in total. The number of carbonyl (C=O) groups is 2. The van der Waals surface area contributed by atoms with Crippen molar-refractivity contribution in [3.05, 3.63) is 58.5 Å². The van der Waals surface area contributed by atoms with E-state index < -0.39 is 29.7 Å². The van der Waals surface area contributed by atoms with Gasteiger partial charge in [-0.2, -0.15) is 13.2 Å². The Hall–Kier alpha value is -3.30. The Morgan fingerprint density at radius 3 is 2.63 bits per heavy atom. The fourth-order valence-electron chi connectivity index (χ4n) is 2.75. The number of amides is 3. The predicted molar refractivity (Wildman–Crippen MR) is 88.4 cm³/mol. The van der Waals surface area contributed by atoms with Crippen molar-refractivity contribution >= 4 is 17.8 Å². The lowest BCUT2D eigenvalue weighted by Crippen LogP contribution is -2.46. The normalized spacial score (nSPS) is 17.4. The Morgan fingerprint density at radius 1 is 1.26 bits per heavy atom. The number of aryl methyl sites for hydroxylation is 1. The highest BCUT2D eigenvalue weighted by Gasteiger charge is 2.35. The van der Waals surface area contributed by atoms with Crippen LogP contribution in [0.4, 0.5) is 23.8 Å². The summed E-state index contributed by atoms with van der Waals surface area (Å²) in [4.78, 5) is 24.5. The van der Waals surface area contributed by atoms with Gasteiger partial charge in [0.05, 0.1) is 17.2 Å². The van der Waals surface area contributed by atoms with Gasteiger partial charge in [-0.05, 0) is 31.5 Å². The third-order valence-electron chi connectivity index (χ3n) is 3.93. The van der Waals surface area contributed by atoms with Gasteiger partial charge in [0.1, 0.15) is 5.76 Å². The van der Waals surface area contributed by atoms with Gasteiger partial charge in [0.15, 0.2) is 5.82 Å². The molecule has 0 saturated heterocycles. The van der Waals surface area contributed by atoms with E-state index in [2.05, 4.69) is 21.1 Å². The van der Waals surface area contributed by atoms with Crippen LogP contribution in [0.2, 0.25) is 0 Å². The number of benzene rings is 1. The summed E-state index contributed by atoms with van der Waals surface area (Å²) >= 11 is 0. The van der Waals surface area contributed by atoms with E-state index >= 15 is 0 Å². The van der Waals surface area contributed by atoms with Crippen molar-refractivity contribution in [3.63, 3.8) is 0 Å². The molecule has 0 fully saturated rings. The fourth-order valence-corrected chi connectivity index (χ4v) is 2.75. The molecule has 3 rings (SSSR count). The second kappa shape index (κ2) is 6.78. The highest BCUT2D eigenvalue weighted by Crippen LogP contribution is 2.33. The zero-order valence-electron chi connectivity index (χ0n) is 14.3. The molecule has 0 radical (unpaired) electrons. The third-order valence-corrected chi connectivity index (χ3v) is 3.93. The zero-order valence-corrected chi connectivity index (χ0v) is 14.3. The molecule has 1 aliphatic heterocycles. The van der Waals surface area contributed by atoms with Crippen LogP contribution < -0.4 is 16.0 Å². The van der Waals surface area contributed by atoms with E-state index in [9.17, 15) is 22.8 Å². The van der Waals surface area contributed by atoms with Crippen molar-refractivity contribution < 1.29 is 27.3 Å². The zero-order chi connectivity index (χ0) is 19.8. The Kier molecular flexibility index (Phi) is 4.64. The number of aromatic nitrogens is 1. The van der Waals surface area contributed by atoms with Crippen LogP contribution in [0.1, 0.15) is 29.9 Å². The molecule has 10 heteroatoms. The number of nitrogens with zero attached hydrogens (tertiary/aromatic N) is 1. The smallest absolute Gasteiger partial charge is 0.360 e. The standard InChI is InChI=1S/C17H15F3N4O3/c1-8-6-12(24-27-8)22-15(25)13-9(2)21-16(26)23-14(13)10-4-3-5-11(7-10)17(18,19)20/h3-7,14H,1-2H3,(H2,21,23,26)(H,22,24,25)/t14-/m1/s1. The highest BCUT2D eigenvalue weighted by molar-refractivity contribution is 6.06. The SMILES string of the molecule is CC1=C(C(=O)Nc2cc(C)on2)[C@@H](c2cccc(C(F)(F)F)c2)NC(=O)N1. The van der Waals surface area contributed by atoms with Crippen LogP contribution in [-0.4, -0.2) is 17.1 Å². The molecule has 1 aromatic heterocycles. The summed E-state index contributed by atoms with van der Waals surface area (Å²) < 4.78 is 43.9. The van der Waals surface area contributed by atoms with Crippen LogP contribution in [0.15, 0.2) is 46.1 Å². The van der Waals surface area contributed by atoms with Gasteiger partial charge in [-0.1, -0.05) is 17.3 Å². The largest absolute Gasteiger partial charge is 0.416 e. The summed E-state index contributed by atoms with van der Waals surface area (Å²) in [5, 5.41) is 11.1. The first kappa shape index (κ1) is 18.5. The molecule has 142 valence electrons. The number of rotatable bonds is 3. The molecule has 1 aromatic carbocycles. The molecule has 0 spiro atoms. The number of allylic oxidation sites excluding steroid dienone is 1. The van der Waals surface area contributed by atoms with Crippen molar-refractivity contribution in [2.45, 2.75) is 26.1 Å². The first-order chi connectivity index (χ1) is 12.6. The lowest BCUT2D eigenvalue weighted by molar-refractivity contribution is -0.137. The van der Waals surface area contributed by atoms with E-state index in [1.165, 1.54) is 25.1 Å². The number of hydrogen-bond acceptors (Lipinski definition) is 4. The molecular weight excluding hydrogens is 365 g/mol. The van der Waals surface area contributed by atoms with Gasteiger partial charge in [-0.3, -0.25) is 4.79 Å². The molecule has 1 atom stereocenters. The molecule has 2 aromatic rings. The van der Waals surface area contributed by atoms with Gasteiger partial charge >= 0.3 is 12.2 Å². The number of carbonyl (C=O) groups excluding carboxylic acids is 2. The van der Waals surface area contributed by atoms with Crippen molar-refractivity contribution in [2.75, 3.05) is 5.32 Å². The van der Waals surface area contributed by atoms with Gasteiger partial charge in [0, 0.05) is 11.8 Å². The average Bonchev–Trinajstić information content (AvgIpc) is 2.98. The van der Waals surface area contributed by atoms with Crippen molar-refractivity contribution in [1.29, 1.82) is 0 Å². The Labute approximate surface area is 151 Å². The van der Waals surface area contributed by atoms with E-state index in [-0.39, 0.29) is 22.7 Å². The molecule has 1 aliphatic rings. The molecule has 3 amide bonds. The second-order valence-electron chi connectivity index (χ2n) is 5.97.